The van der Waals surface area contributed by atoms with Crippen molar-refractivity contribution in [2.45, 2.75) is 40.0 Å². The van der Waals surface area contributed by atoms with Crippen LogP contribution in [0.3, 0.4) is 0 Å². The summed E-state index contributed by atoms with van der Waals surface area (Å²) in [6.07, 6.45) is 1.05. The Bertz CT molecular complexity index is 646. The average molecular weight is 281 g/mol. The molecule has 2 rings (SSSR count). The van der Waals surface area contributed by atoms with E-state index in [2.05, 4.69) is 25.2 Å². The standard InChI is InChI=1S/C19H23NO/c1-5-13(2)16-10-6-7-12-18(16)20-19(21)17-11-8-9-14(3)15(17)4/h6-13H,5H2,1-4H3,(H,20,21)/t13-/m0/s1. The summed E-state index contributed by atoms with van der Waals surface area (Å²) in [4.78, 5) is 12.5. The number of anilines is 1. The second-order valence-electron chi connectivity index (χ2n) is 5.60. The normalized spacial score (nSPS) is 12.0. The lowest BCUT2D eigenvalue weighted by atomic mass is 9.96. The summed E-state index contributed by atoms with van der Waals surface area (Å²) < 4.78 is 0. The summed E-state index contributed by atoms with van der Waals surface area (Å²) in [5.74, 6) is 0.395. The van der Waals surface area contributed by atoms with Gasteiger partial charge in [0.15, 0.2) is 0 Å². The van der Waals surface area contributed by atoms with Gasteiger partial charge in [0.1, 0.15) is 0 Å². The van der Waals surface area contributed by atoms with Gasteiger partial charge in [0.05, 0.1) is 0 Å². The number of hydrogen-bond donors (Lipinski definition) is 1. The summed E-state index contributed by atoms with van der Waals surface area (Å²) in [6.45, 7) is 8.36. The minimum Gasteiger partial charge on any atom is -0.322 e. The SMILES string of the molecule is CC[C@H](C)c1ccccc1NC(=O)c1cccc(C)c1C. The summed E-state index contributed by atoms with van der Waals surface area (Å²) in [7, 11) is 0. The largest absolute Gasteiger partial charge is 0.322 e. The molecule has 0 aliphatic carbocycles. The van der Waals surface area contributed by atoms with E-state index in [0.29, 0.717) is 5.92 Å². The van der Waals surface area contributed by atoms with Crippen LogP contribution in [0.4, 0.5) is 5.69 Å². The lowest BCUT2D eigenvalue weighted by Gasteiger charge is -2.16. The molecule has 0 saturated heterocycles. The zero-order valence-corrected chi connectivity index (χ0v) is 13.2. The molecule has 2 nitrogen and oxygen atoms in total. The lowest BCUT2D eigenvalue weighted by molar-refractivity contribution is 0.102. The maximum atomic E-state index is 12.5. The minimum absolute atomic E-state index is 0.0352. The van der Waals surface area contributed by atoms with Crippen LogP contribution in [0, 0.1) is 13.8 Å². The van der Waals surface area contributed by atoms with Crippen LogP contribution in [0.25, 0.3) is 0 Å². The number of carbonyl (C=O) groups is 1. The third kappa shape index (κ3) is 3.33. The molecule has 21 heavy (non-hydrogen) atoms. The Hall–Kier alpha value is -2.09. The van der Waals surface area contributed by atoms with Crippen LogP contribution >= 0.6 is 0 Å². The molecular formula is C19H23NO. The van der Waals surface area contributed by atoms with Gasteiger partial charge in [0.2, 0.25) is 0 Å². The number of nitrogens with one attached hydrogen (secondary N) is 1. The molecule has 1 N–H and O–H groups in total. The van der Waals surface area contributed by atoms with E-state index < -0.39 is 0 Å². The first-order valence-electron chi connectivity index (χ1n) is 7.51. The van der Waals surface area contributed by atoms with Gasteiger partial charge < -0.3 is 5.32 Å². The fourth-order valence-electron chi connectivity index (χ4n) is 2.45. The first kappa shape index (κ1) is 15.3. The zero-order chi connectivity index (χ0) is 15.4. The number of amides is 1. The molecule has 0 unspecified atom stereocenters. The molecule has 0 aliphatic rings. The number of hydrogen-bond acceptors (Lipinski definition) is 1. The smallest absolute Gasteiger partial charge is 0.255 e. The number of carbonyl (C=O) groups excluding carboxylic acids is 1. The molecule has 0 fully saturated rings. The van der Waals surface area contributed by atoms with Crippen molar-refractivity contribution >= 4 is 11.6 Å². The molecule has 2 aromatic carbocycles. The van der Waals surface area contributed by atoms with E-state index in [1.54, 1.807) is 0 Å². The van der Waals surface area contributed by atoms with Crippen LogP contribution in [-0.2, 0) is 0 Å². The summed E-state index contributed by atoms with van der Waals surface area (Å²) in [5.41, 5.74) is 5.03. The van der Waals surface area contributed by atoms with E-state index in [-0.39, 0.29) is 5.91 Å². The Morgan fingerprint density at radius 1 is 1.10 bits per heavy atom. The van der Waals surface area contributed by atoms with E-state index in [1.165, 1.54) is 5.56 Å². The average Bonchev–Trinajstić information content (AvgIpc) is 2.49. The van der Waals surface area contributed by atoms with Gasteiger partial charge in [-0.2, -0.15) is 0 Å². The first-order chi connectivity index (χ1) is 10.0. The maximum Gasteiger partial charge on any atom is 0.255 e. The van der Waals surface area contributed by atoms with Crippen LogP contribution in [0.2, 0.25) is 0 Å². The second-order valence-corrected chi connectivity index (χ2v) is 5.60. The Labute approximate surface area is 127 Å². The van der Waals surface area contributed by atoms with Gasteiger partial charge in [0, 0.05) is 11.3 Å². The van der Waals surface area contributed by atoms with Crippen LogP contribution in [0.5, 0.6) is 0 Å². The topological polar surface area (TPSA) is 29.1 Å². The van der Waals surface area contributed by atoms with Crippen molar-refractivity contribution in [2.24, 2.45) is 0 Å². The molecule has 1 atom stereocenters. The quantitative estimate of drug-likeness (QED) is 0.833. The zero-order valence-electron chi connectivity index (χ0n) is 13.2. The van der Waals surface area contributed by atoms with E-state index in [4.69, 9.17) is 0 Å². The highest BCUT2D eigenvalue weighted by Gasteiger charge is 2.14. The van der Waals surface area contributed by atoms with Gasteiger partial charge in [-0.25, -0.2) is 0 Å². The van der Waals surface area contributed by atoms with Crippen LogP contribution in [0.1, 0.15) is 53.2 Å². The van der Waals surface area contributed by atoms with Gasteiger partial charge in [-0.1, -0.05) is 44.2 Å². The van der Waals surface area contributed by atoms with Crippen LogP contribution < -0.4 is 5.32 Å². The highest BCUT2D eigenvalue weighted by Crippen LogP contribution is 2.27. The number of benzene rings is 2. The highest BCUT2D eigenvalue weighted by molar-refractivity contribution is 6.05. The van der Waals surface area contributed by atoms with Crippen molar-refractivity contribution < 1.29 is 4.79 Å². The van der Waals surface area contributed by atoms with Gasteiger partial charge in [-0.15, -0.1) is 0 Å². The molecule has 110 valence electrons. The van der Waals surface area contributed by atoms with Crippen molar-refractivity contribution in [3.05, 3.63) is 64.7 Å². The van der Waals surface area contributed by atoms with Crippen molar-refractivity contribution in [3.8, 4) is 0 Å². The third-order valence-electron chi connectivity index (χ3n) is 4.20. The predicted octanol–water partition coefficient (Wildman–Crippen LogP) is 5.07. The fraction of sp³-hybridized carbons (Fsp3) is 0.316. The number of para-hydroxylation sites is 1. The van der Waals surface area contributed by atoms with E-state index in [0.717, 1.165) is 28.8 Å². The van der Waals surface area contributed by atoms with Crippen molar-refractivity contribution in [2.75, 3.05) is 5.32 Å². The molecule has 0 aromatic heterocycles. The van der Waals surface area contributed by atoms with Crippen LogP contribution in [0.15, 0.2) is 42.5 Å². The molecule has 0 aliphatic heterocycles. The van der Waals surface area contributed by atoms with Crippen molar-refractivity contribution in [3.63, 3.8) is 0 Å². The van der Waals surface area contributed by atoms with Gasteiger partial charge in [0.25, 0.3) is 5.91 Å². The van der Waals surface area contributed by atoms with Gasteiger partial charge >= 0.3 is 0 Å². The molecule has 0 bridgehead atoms. The van der Waals surface area contributed by atoms with Crippen LogP contribution in [-0.4, -0.2) is 5.91 Å². The molecule has 0 heterocycles. The summed E-state index contributed by atoms with van der Waals surface area (Å²) >= 11 is 0. The van der Waals surface area contributed by atoms with E-state index in [1.807, 2.05) is 50.2 Å². The van der Waals surface area contributed by atoms with E-state index >= 15 is 0 Å². The molecule has 0 radical (unpaired) electrons. The first-order valence-corrected chi connectivity index (χ1v) is 7.51. The number of aryl methyl sites for hydroxylation is 1. The molecule has 2 heteroatoms. The van der Waals surface area contributed by atoms with E-state index in [9.17, 15) is 4.79 Å². The minimum atomic E-state index is -0.0352. The highest BCUT2D eigenvalue weighted by atomic mass is 16.1. The Balaban J connectivity index is 2.30. The van der Waals surface area contributed by atoms with Crippen molar-refractivity contribution in [1.29, 1.82) is 0 Å². The molecule has 0 saturated carbocycles. The van der Waals surface area contributed by atoms with Gasteiger partial charge in [-0.3, -0.25) is 4.79 Å². The fourth-order valence-corrected chi connectivity index (χ4v) is 2.45. The molecular weight excluding hydrogens is 258 g/mol. The Kier molecular flexibility index (Phi) is 4.79. The monoisotopic (exact) mass is 281 g/mol. The Morgan fingerprint density at radius 3 is 2.52 bits per heavy atom. The molecule has 0 spiro atoms. The molecule has 2 aromatic rings. The summed E-state index contributed by atoms with van der Waals surface area (Å²) in [6, 6.07) is 13.9. The van der Waals surface area contributed by atoms with Crippen molar-refractivity contribution in [1.82, 2.24) is 0 Å². The number of rotatable bonds is 4. The lowest BCUT2D eigenvalue weighted by Crippen LogP contribution is -2.15. The Morgan fingerprint density at radius 2 is 1.81 bits per heavy atom. The predicted molar refractivity (Wildman–Crippen MR) is 89.0 cm³/mol. The molecule has 1 amide bonds. The second kappa shape index (κ2) is 6.57. The maximum absolute atomic E-state index is 12.5. The van der Waals surface area contributed by atoms with Gasteiger partial charge in [-0.05, 0) is 55.0 Å². The third-order valence-corrected chi connectivity index (χ3v) is 4.20. The summed E-state index contributed by atoms with van der Waals surface area (Å²) in [5, 5.41) is 3.07.